The second-order valence-electron chi connectivity index (χ2n) is 4.32. The number of aromatic nitrogens is 1. The fourth-order valence-corrected chi connectivity index (χ4v) is 3.94. The Labute approximate surface area is 147 Å². The quantitative estimate of drug-likeness (QED) is 0.277. The number of fused-ring (bicyclic) bond motifs is 1. The molecule has 0 fully saturated rings. The van der Waals surface area contributed by atoms with E-state index in [4.69, 9.17) is 15.3 Å². The van der Waals surface area contributed by atoms with E-state index in [0.717, 1.165) is 16.5 Å². The molecule has 0 radical (unpaired) electrons. The summed E-state index contributed by atoms with van der Waals surface area (Å²) in [5, 5.41) is 26.2. The van der Waals surface area contributed by atoms with Gasteiger partial charge in [-0.3, -0.25) is 0 Å². The van der Waals surface area contributed by atoms with Crippen molar-refractivity contribution in [3.8, 4) is 0 Å². The highest BCUT2D eigenvalue weighted by atomic mass is 32.2. The maximum atomic E-state index is 10.9. The van der Waals surface area contributed by atoms with Gasteiger partial charge in [0.1, 0.15) is 6.61 Å². The minimum atomic E-state index is -1.73. The smallest absolute Gasteiger partial charge is 0.450 e. The standard InChI is InChI=1S/C13H11NO9S2/c15-11(16)21-5-7(22-12(17)18)9(23-13(19)20)25-10-14-6-3-1-2-4-8(6)24-10/h1-4,7,9H,5H2,(H,15,16)(H,17,18)(H,19,20). The molecule has 0 aliphatic rings. The highest BCUT2D eigenvalue weighted by Gasteiger charge is 2.32. The molecule has 134 valence electrons. The number of carboxylic acid groups (broad SMARTS) is 3. The van der Waals surface area contributed by atoms with E-state index in [2.05, 4.69) is 19.2 Å². The average Bonchev–Trinajstić information content (AvgIpc) is 2.92. The third kappa shape index (κ3) is 5.69. The average molecular weight is 389 g/mol. The van der Waals surface area contributed by atoms with Crippen molar-refractivity contribution in [1.82, 2.24) is 4.98 Å². The van der Waals surface area contributed by atoms with E-state index in [0.29, 0.717) is 9.86 Å². The molecule has 0 saturated carbocycles. The molecular formula is C13H11NO9S2. The van der Waals surface area contributed by atoms with E-state index in [1.807, 2.05) is 6.07 Å². The van der Waals surface area contributed by atoms with Crippen LogP contribution in [0.4, 0.5) is 14.4 Å². The van der Waals surface area contributed by atoms with Crippen LogP contribution in [0.1, 0.15) is 0 Å². The van der Waals surface area contributed by atoms with Gasteiger partial charge in [0, 0.05) is 0 Å². The number of carbonyl (C=O) groups is 3. The van der Waals surface area contributed by atoms with Crippen molar-refractivity contribution in [1.29, 1.82) is 0 Å². The number of hydrogen-bond acceptors (Lipinski definition) is 9. The normalized spacial score (nSPS) is 13.0. The van der Waals surface area contributed by atoms with Gasteiger partial charge in [0.15, 0.2) is 15.9 Å². The van der Waals surface area contributed by atoms with Crippen molar-refractivity contribution in [3.05, 3.63) is 24.3 Å². The van der Waals surface area contributed by atoms with Gasteiger partial charge in [-0.25, -0.2) is 19.4 Å². The van der Waals surface area contributed by atoms with Crippen molar-refractivity contribution in [3.63, 3.8) is 0 Å². The number of benzene rings is 1. The zero-order valence-corrected chi connectivity index (χ0v) is 13.9. The van der Waals surface area contributed by atoms with Gasteiger partial charge in [0.2, 0.25) is 0 Å². The third-order valence-corrected chi connectivity index (χ3v) is 4.93. The lowest BCUT2D eigenvalue weighted by Crippen LogP contribution is -2.36. The Balaban J connectivity index is 2.22. The van der Waals surface area contributed by atoms with Gasteiger partial charge in [-0.15, -0.1) is 11.3 Å². The molecule has 10 nitrogen and oxygen atoms in total. The van der Waals surface area contributed by atoms with Crippen LogP contribution in [-0.4, -0.2) is 56.9 Å². The lowest BCUT2D eigenvalue weighted by atomic mass is 10.3. The highest BCUT2D eigenvalue weighted by Crippen LogP contribution is 2.34. The van der Waals surface area contributed by atoms with Crippen LogP contribution in [0, 0.1) is 0 Å². The summed E-state index contributed by atoms with van der Waals surface area (Å²) in [5.41, 5.74) is -0.741. The molecule has 0 amide bonds. The molecule has 1 heterocycles. The lowest BCUT2D eigenvalue weighted by Gasteiger charge is -2.22. The highest BCUT2D eigenvalue weighted by molar-refractivity contribution is 8.01. The Morgan fingerprint density at radius 1 is 1.08 bits per heavy atom. The summed E-state index contributed by atoms with van der Waals surface area (Å²) in [6.45, 7) is -0.739. The molecule has 2 aromatic rings. The van der Waals surface area contributed by atoms with Crippen LogP contribution >= 0.6 is 23.1 Å². The predicted molar refractivity (Wildman–Crippen MR) is 85.2 cm³/mol. The topological polar surface area (TPSA) is 152 Å². The summed E-state index contributed by atoms with van der Waals surface area (Å²) in [6, 6.07) is 7.14. The van der Waals surface area contributed by atoms with E-state index in [1.165, 1.54) is 11.3 Å². The summed E-state index contributed by atoms with van der Waals surface area (Å²) in [5.74, 6) is 0. The first-order chi connectivity index (χ1) is 11.8. The van der Waals surface area contributed by atoms with Gasteiger partial charge in [0.25, 0.3) is 0 Å². The molecule has 2 unspecified atom stereocenters. The van der Waals surface area contributed by atoms with Gasteiger partial charge >= 0.3 is 18.5 Å². The van der Waals surface area contributed by atoms with Gasteiger partial charge in [-0.05, 0) is 23.9 Å². The molecular weight excluding hydrogens is 378 g/mol. The van der Waals surface area contributed by atoms with Crippen molar-refractivity contribution in [2.24, 2.45) is 0 Å². The molecule has 0 aliphatic heterocycles. The number of thioether (sulfide) groups is 1. The van der Waals surface area contributed by atoms with E-state index in [1.54, 1.807) is 18.2 Å². The van der Waals surface area contributed by atoms with E-state index in [-0.39, 0.29) is 0 Å². The van der Waals surface area contributed by atoms with E-state index in [9.17, 15) is 14.4 Å². The molecule has 0 bridgehead atoms. The largest absolute Gasteiger partial charge is 0.507 e. The first-order valence-corrected chi connectivity index (χ1v) is 8.22. The van der Waals surface area contributed by atoms with Crippen molar-refractivity contribution in [2.45, 2.75) is 15.9 Å². The zero-order chi connectivity index (χ0) is 18.4. The molecule has 0 saturated heterocycles. The molecule has 0 spiro atoms. The van der Waals surface area contributed by atoms with Crippen molar-refractivity contribution < 1.29 is 43.9 Å². The summed E-state index contributed by atoms with van der Waals surface area (Å²) in [7, 11) is 0. The number of ether oxygens (including phenoxy) is 3. The minimum Gasteiger partial charge on any atom is -0.450 e. The Kier molecular flexibility index (Phi) is 6.25. The van der Waals surface area contributed by atoms with Gasteiger partial charge < -0.3 is 29.5 Å². The van der Waals surface area contributed by atoms with E-state index >= 15 is 0 Å². The fraction of sp³-hybridized carbons (Fsp3) is 0.231. The predicted octanol–water partition coefficient (Wildman–Crippen LogP) is 3.17. The van der Waals surface area contributed by atoms with Crippen molar-refractivity contribution in [2.75, 3.05) is 6.61 Å². The molecule has 12 heteroatoms. The zero-order valence-electron chi connectivity index (χ0n) is 12.2. The van der Waals surface area contributed by atoms with Gasteiger partial charge in [0.05, 0.1) is 10.2 Å². The first-order valence-electron chi connectivity index (χ1n) is 6.52. The number of hydrogen-bond donors (Lipinski definition) is 3. The second kappa shape index (κ2) is 8.39. The molecule has 0 aliphatic carbocycles. The molecule has 2 rings (SSSR count). The molecule has 1 aromatic heterocycles. The summed E-state index contributed by atoms with van der Waals surface area (Å²) in [6.07, 6.45) is -6.60. The van der Waals surface area contributed by atoms with Crippen LogP contribution in [0.3, 0.4) is 0 Å². The van der Waals surface area contributed by atoms with Crippen molar-refractivity contribution >= 4 is 51.8 Å². The molecule has 3 N–H and O–H groups in total. The third-order valence-electron chi connectivity index (χ3n) is 2.64. The molecule has 2 atom stereocenters. The Bertz CT molecular complexity index is 745. The second-order valence-corrected chi connectivity index (χ2v) is 6.69. The number of rotatable bonds is 7. The van der Waals surface area contributed by atoms with Crippen LogP contribution in [0.25, 0.3) is 10.2 Å². The summed E-state index contributed by atoms with van der Waals surface area (Å²) in [4.78, 5) is 36.5. The fourth-order valence-electron chi connectivity index (χ4n) is 1.73. The maximum absolute atomic E-state index is 10.9. The number of para-hydroxylation sites is 1. The Morgan fingerprint density at radius 2 is 1.76 bits per heavy atom. The molecule has 1 aromatic carbocycles. The summed E-state index contributed by atoms with van der Waals surface area (Å²) >= 11 is 2.02. The Hall–Kier alpha value is -2.73. The minimum absolute atomic E-state index is 0.391. The van der Waals surface area contributed by atoms with Crippen LogP contribution in [0.2, 0.25) is 0 Å². The monoisotopic (exact) mass is 389 g/mol. The maximum Gasteiger partial charge on any atom is 0.507 e. The van der Waals surface area contributed by atoms with Crippen LogP contribution in [-0.2, 0) is 14.2 Å². The summed E-state index contributed by atoms with van der Waals surface area (Å²) < 4.78 is 14.6. The van der Waals surface area contributed by atoms with Gasteiger partial charge in [-0.2, -0.15) is 0 Å². The van der Waals surface area contributed by atoms with Crippen LogP contribution in [0.5, 0.6) is 0 Å². The first kappa shape index (κ1) is 18.6. The van der Waals surface area contributed by atoms with Crippen LogP contribution in [0.15, 0.2) is 28.6 Å². The SMILES string of the molecule is O=C(O)OCC(OC(=O)O)C(OC(=O)O)Sc1nc2ccccc2s1. The molecule has 25 heavy (non-hydrogen) atoms. The van der Waals surface area contributed by atoms with E-state index < -0.39 is 36.6 Å². The lowest BCUT2D eigenvalue weighted by molar-refractivity contribution is -0.0379. The number of nitrogens with zero attached hydrogens (tertiary/aromatic N) is 1. The van der Waals surface area contributed by atoms with Crippen LogP contribution < -0.4 is 0 Å². The Morgan fingerprint density at radius 3 is 2.36 bits per heavy atom. The number of thiazole rings is 1. The van der Waals surface area contributed by atoms with Gasteiger partial charge in [-0.1, -0.05) is 12.1 Å².